The van der Waals surface area contributed by atoms with Gasteiger partial charge in [0, 0.05) is 28.1 Å². The monoisotopic (exact) mass is 360 g/mol. The van der Waals surface area contributed by atoms with Crippen LogP contribution in [0, 0.1) is 0 Å². The molecule has 1 atom stereocenters. The van der Waals surface area contributed by atoms with Crippen molar-refractivity contribution in [3.05, 3.63) is 32.7 Å². The molecule has 0 saturated carbocycles. The summed E-state index contributed by atoms with van der Waals surface area (Å²) in [5.41, 5.74) is 6.39. The van der Waals surface area contributed by atoms with Gasteiger partial charge in [-0.3, -0.25) is 4.79 Å². The van der Waals surface area contributed by atoms with Gasteiger partial charge in [0.25, 0.3) is 5.91 Å². The van der Waals surface area contributed by atoms with Gasteiger partial charge in [0.1, 0.15) is 0 Å². The maximum atomic E-state index is 12.4. The third-order valence-electron chi connectivity index (χ3n) is 3.07. The number of carbonyl (C=O) groups is 1. The van der Waals surface area contributed by atoms with Gasteiger partial charge in [0.15, 0.2) is 0 Å². The van der Waals surface area contributed by atoms with E-state index in [0.29, 0.717) is 12.1 Å². The Morgan fingerprint density at radius 1 is 1.47 bits per heavy atom. The van der Waals surface area contributed by atoms with Crippen molar-refractivity contribution in [2.75, 3.05) is 13.1 Å². The van der Waals surface area contributed by atoms with Crippen LogP contribution in [-0.2, 0) is 0 Å². The van der Waals surface area contributed by atoms with Crippen molar-refractivity contribution in [3.63, 3.8) is 0 Å². The number of halogens is 2. The van der Waals surface area contributed by atoms with E-state index in [1.807, 2.05) is 23.1 Å². The Kier molecular flexibility index (Phi) is 4.22. The average molecular weight is 362 g/mol. The van der Waals surface area contributed by atoms with Crippen LogP contribution in [0.1, 0.15) is 23.2 Å². The van der Waals surface area contributed by atoms with E-state index in [1.54, 1.807) is 0 Å². The van der Waals surface area contributed by atoms with Crippen LogP contribution in [0.3, 0.4) is 0 Å². The summed E-state index contributed by atoms with van der Waals surface area (Å²) < 4.78 is 1.78. The minimum absolute atomic E-state index is 0.0670. The topological polar surface area (TPSA) is 46.3 Å². The van der Waals surface area contributed by atoms with Crippen LogP contribution in [0.25, 0.3) is 0 Å². The lowest BCUT2D eigenvalue weighted by Gasteiger charge is -2.24. The minimum Gasteiger partial charge on any atom is -0.334 e. The van der Waals surface area contributed by atoms with Crippen molar-refractivity contribution in [1.29, 1.82) is 0 Å². The molecule has 0 bridgehead atoms. The fraction of sp³-hybridized carbons (Fsp3) is 0.417. The van der Waals surface area contributed by atoms with Crippen LogP contribution in [0.2, 0.25) is 0 Å². The summed E-state index contributed by atoms with van der Waals surface area (Å²) in [4.78, 5) is 14.3. The molecule has 0 radical (unpaired) electrons. The summed E-state index contributed by atoms with van der Waals surface area (Å²) >= 11 is 6.81. The molecule has 0 spiro atoms. The standard InChI is InChI=1S/C12H14Br2N2O/c13-8-3-4-10(11(14)6-8)12(17)16-5-1-2-9(16)7-15/h3-4,6,9H,1-2,5,7,15H2. The first-order chi connectivity index (χ1) is 8.13. The smallest absolute Gasteiger partial charge is 0.255 e. The average Bonchev–Trinajstić information content (AvgIpc) is 2.76. The number of nitrogens with two attached hydrogens (primary N) is 1. The molecule has 1 aromatic rings. The SMILES string of the molecule is NCC1CCCN1C(=O)c1ccc(Br)cc1Br. The lowest BCUT2D eigenvalue weighted by molar-refractivity contribution is 0.0740. The summed E-state index contributed by atoms with van der Waals surface area (Å²) in [7, 11) is 0. The van der Waals surface area contributed by atoms with E-state index < -0.39 is 0 Å². The largest absolute Gasteiger partial charge is 0.334 e. The number of carbonyl (C=O) groups excluding carboxylic acids is 1. The maximum Gasteiger partial charge on any atom is 0.255 e. The zero-order valence-electron chi connectivity index (χ0n) is 9.33. The number of hydrogen-bond donors (Lipinski definition) is 1. The first-order valence-corrected chi connectivity index (χ1v) is 7.18. The number of benzene rings is 1. The van der Waals surface area contributed by atoms with Crippen molar-refractivity contribution < 1.29 is 4.79 Å². The number of nitrogens with zero attached hydrogens (tertiary/aromatic N) is 1. The van der Waals surface area contributed by atoms with Gasteiger partial charge in [-0.25, -0.2) is 0 Å². The molecule has 17 heavy (non-hydrogen) atoms. The van der Waals surface area contributed by atoms with Gasteiger partial charge in [0.2, 0.25) is 0 Å². The Hall–Kier alpha value is -0.390. The van der Waals surface area contributed by atoms with Crippen molar-refractivity contribution in [2.24, 2.45) is 5.73 Å². The molecule has 2 rings (SSSR count). The summed E-state index contributed by atoms with van der Waals surface area (Å²) in [6.07, 6.45) is 2.05. The van der Waals surface area contributed by atoms with Crippen molar-refractivity contribution in [2.45, 2.75) is 18.9 Å². The second-order valence-corrected chi connectivity index (χ2v) is 5.92. The zero-order chi connectivity index (χ0) is 12.4. The van der Waals surface area contributed by atoms with Crippen LogP contribution in [-0.4, -0.2) is 29.9 Å². The van der Waals surface area contributed by atoms with Crippen LogP contribution < -0.4 is 5.73 Å². The second-order valence-electron chi connectivity index (χ2n) is 4.15. The minimum atomic E-state index is 0.0670. The van der Waals surface area contributed by atoms with E-state index >= 15 is 0 Å². The summed E-state index contributed by atoms with van der Waals surface area (Å²) in [5, 5.41) is 0. The molecule has 5 heteroatoms. The van der Waals surface area contributed by atoms with Gasteiger partial charge in [-0.2, -0.15) is 0 Å². The fourth-order valence-electron chi connectivity index (χ4n) is 2.17. The molecule has 1 saturated heterocycles. The number of hydrogen-bond acceptors (Lipinski definition) is 2. The van der Waals surface area contributed by atoms with Gasteiger partial charge in [0.05, 0.1) is 5.56 Å². The van der Waals surface area contributed by atoms with Crippen LogP contribution in [0.4, 0.5) is 0 Å². The molecular formula is C12H14Br2N2O. The highest BCUT2D eigenvalue weighted by atomic mass is 79.9. The lowest BCUT2D eigenvalue weighted by atomic mass is 10.1. The van der Waals surface area contributed by atoms with Crippen LogP contribution in [0.15, 0.2) is 27.1 Å². The normalized spacial score (nSPS) is 19.7. The quantitative estimate of drug-likeness (QED) is 0.880. The lowest BCUT2D eigenvalue weighted by Crippen LogP contribution is -2.40. The first kappa shape index (κ1) is 13.1. The van der Waals surface area contributed by atoms with E-state index in [0.717, 1.165) is 28.3 Å². The van der Waals surface area contributed by atoms with E-state index in [2.05, 4.69) is 31.9 Å². The molecule has 92 valence electrons. The Bertz CT molecular complexity index is 437. The molecule has 3 nitrogen and oxygen atoms in total. The fourth-order valence-corrected chi connectivity index (χ4v) is 3.38. The van der Waals surface area contributed by atoms with Crippen LogP contribution >= 0.6 is 31.9 Å². The molecule has 1 heterocycles. The molecule has 2 N–H and O–H groups in total. The van der Waals surface area contributed by atoms with E-state index in [9.17, 15) is 4.79 Å². The highest BCUT2D eigenvalue weighted by Gasteiger charge is 2.29. The highest BCUT2D eigenvalue weighted by Crippen LogP contribution is 2.26. The van der Waals surface area contributed by atoms with Crippen molar-refractivity contribution in [1.82, 2.24) is 4.90 Å². The molecular weight excluding hydrogens is 348 g/mol. The Labute approximate surface area is 118 Å². The molecule has 1 aliphatic rings. The maximum absolute atomic E-state index is 12.4. The number of amides is 1. The van der Waals surface area contributed by atoms with E-state index in [1.165, 1.54) is 0 Å². The van der Waals surface area contributed by atoms with E-state index in [-0.39, 0.29) is 11.9 Å². The summed E-state index contributed by atoms with van der Waals surface area (Å²) in [6.45, 7) is 1.35. The van der Waals surface area contributed by atoms with Gasteiger partial charge in [-0.1, -0.05) is 15.9 Å². The zero-order valence-corrected chi connectivity index (χ0v) is 12.5. The van der Waals surface area contributed by atoms with E-state index in [4.69, 9.17) is 5.73 Å². The van der Waals surface area contributed by atoms with Gasteiger partial charge >= 0.3 is 0 Å². The third-order valence-corrected chi connectivity index (χ3v) is 4.22. The molecule has 1 unspecified atom stereocenters. The first-order valence-electron chi connectivity index (χ1n) is 5.59. The van der Waals surface area contributed by atoms with Gasteiger partial charge in [-0.15, -0.1) is 0 Å². The Morgan fingerprint density at radius 2 is 2.24 bits per heavy atom. The molecule has 0 aliphatic carbocycles. The van der Waals surface area contributed by atoms with Crippen molar-refractivity contribution in [3.8, 4) is 0 Å². The predicted octanol–water partition coefficient (Wildman–Crippen LogP) is 2.77. The van der Waals surface area contributed by atoms with Gasteiger partial charge < -0.3 is 10.6 Å². The second kappa shape index (κ2) is 5.50. The van der Waals surface area contributed by atoms with Gasteiger partial charge in [-0.05, 0) is 47.0 Å². The molecule has 0 aromatic heterocycles. The summed E-state index contributed by atoms with van der Waals surface area (Å²) in [6, 6.07) is 5.80. The van der Waals surface area contributed by atoms with Crippen molar-refractivity contribution >= 4 is 37.8 Å². The molecule has 1 fully saturated rings. The number of likely N-dealkylation sites (tertiary alicyclic amines) is 1. The third kappa shape index (κ3) is 2.72. The molecule has 1 aliphatic heterocycles. The Morgan fingerprint density at radius 3 is 2.88 bits per heavy atom. The Balaban J connectivity index is 2.24. The van der Waals surface area contributed by atoms with Crippen LogP contribution in [0.5, 0.6) is 0 Å². The predicted molar refractivity (Wildman–Crippen MR) is 75.0 cm³/mol. The number of rotatable bonds is 2. The molecule has 1 aromatic carbocycles. The molecule has 1 amide bonds. The highest BCUT2D eigenvalue weighted by molar-refractivity contribution is 9.11. The summed E-state index contributed by atoms with van der Waals surface area (Å²) in [5.74, 6) is 0.0670.